The van der Waals surface area contributed by atoms with Crippen molar-refractivity contribution in [1.82, 2.24) is 15.0 Å². The molecule has 1 aromatic heterocycles. The molecule has 16 heavy (non-hydrogen) atoms. The summed E-state index contributed by atoms with van der Waals surface area (Å²) in [5.74, 6) is 0.517. The highest BCUT2D eigenvalue weighted by atomic mass is 15.4. The van der Waals surface area contributed by atoms with Gasteiger partial charge >= 0.3 is 0 Å². The van der Waals surface area contributed by atoms with Gasteiger partial charge in [0.05, 0.1) is 11.4 Å². The maximum absolute atomic E-state index is 5.78. The number of hydrogen-bond acceptors (Lipinski definition) is 3. The molecule has 0 aliphatic rings. The lowest BCUT2D eigenvalue weighted by Gasteiger charge is -2.09. The fraction of sp³-hybridized carbons (Fsp3) is 0.333. The van der Waals surface area contributed by atoms with Crippen LogP contribution in [0.25, 0.3) is 5.69 Å². The van der Waals surface area contributed by atoms with E-state index in [0.717, 1.165) is 17.8 Å². The van der Waals surface area contributed by atoms with Crippen LogP contribution in [0, 0.1) is 13.8 Å². The van der Waals surface area contributed by atoms with Crippen LogP contribution in [0.2, 0.25) is 0 Å². The summed E-state index contributed by atoms with van der Waals surface area (Å²) in [6, 6.07) is 6.27. The molecule has 0 aliphatic heterocycles. The first-order chi connectivity index (χ1) is 7.63. The standard InChI is InChI=1S/C12H16N4/c1-4-10-12(13)14-15-16(10)11-7-8(2)5-6-9(11)3/h5-7H,4,13H2,1-3H3. The number of rotatable bonds is 2. The Bertz CT molecular complexity index is 514. The van der Waals surface area contributed by atoms with Crippen molar-refractivity contribution in [1.29, 1.82) is 0 Å². The zero-order valence-electron chi connectivity index (χ0n) is 9.86. The van der Waals surface area contributed by atoms with E-state index in [1.807, 2.05) is 4.68 Å². The third-order valence-electron chi connectivity index (χ3n) is 2.72. The van der Waals surface area contributed by atoms with Crippen LogP contribution in [-0.2, 0) is 6.42 Å². The van der Waals surface area contributed by atoms with Crippen LogP contribution < -0.4 is 5.73 Å². The monoisotopic (exact) mass is 216 g/mol. The van der Waals surface area contributed by atoms with Crippen molar-refractivity contribution in [3.63, 3.8) is 0 Å². The third-order valence-corrected chi connectivity index (χ3v) is 2.72. The topological polar surface area (TPSA) is 56.7 Å². The van der Waals surface area contributed by atoms with E-state index < -0.39 is 0 Å². The normalized spacial score (nSPS) is 10.7. The average Bonchev–Trinajstić information content (AvgIpc) is 2.63. The number of hydrogen-bond donors (Lipinski definition) is 1. The highest BCUT2D eigenvalue weighted by Gasteiger charge is 2.11. The first-order valence-electron chi connectivity index (χ1n) is 5.41. The molecule has 0 saturated carbocycles. The van der Waals surface area contributed by atoms with E-state index in [4.69, 9.17) is 5.73 Å². The van der Waals surface area contributed by atoms with Gasteiger partial charge in [-0.1, -0.05) is 24.3 Å². The van der Waals surface area contributed by atoms with Crippen molar-refractivity contribution in [2.45, 2.75) is 27.2 Å². The predicted octanol–water partition coefficient (Wildman–Crippen LogP) is 2.03. The van der Waals surface area contributed by atoms with Crippen LogP contribution in [-0.4, -0.2) is 15.0 Å². The van der Waals surface area contributed by atoms with Crippen molar-refractivity contribution in [2.24, 2.45) is 0 Å². The van der Waals surface area contributed by atoms with Crippen LogP contribution in [0.4, 0.5) is 5.82 Å². The van der Waals surface area contributed by atoms with E-state index >= 15 is 0 Å². The van der Waals surface area contributed by atoms with Crippen LogP contribution in [0.1, 0.15) is 23.7 Å². The zero-order valence-corrected chi connectivity index (χ0v) is 9.86. The van der Waals surface area contributed by atoms with E-state index in [2.05, 4.69) is 49.3 Å². The van der Waals surface area contributed by atoms with E-state index in [-0.39, 0.29) is 0 Å². The summed E-state index contributed by atoms with van der Waals surface area (Å²) in [6.45, 7) is 6.18. The lowest BCUT2D eigenvalue weighted by atomic mass is 10.1. The van der Waals surface area contributed by atoms with E-state index in [1.54, 1.807) is 0 Å². The molecule has 0 atom stereocenters. The van der Waals surface area contributed by atoms with E-state index in [9.17, 15) is 0 Å². The Balaban J connectivity index is 2.62. The molecule has 4 nitrogen and oxygen atoms in total. The first-order valence-corrected chi connectivity index (χ1v) is 5.41. The lowest BCUT2D eigenvalue weighted by molar-refractivity contribution is 0.762. The van der Waals surface area contributed by atoms with Crippen LogP contribution in [0.15, 0.2) is 18.2 Å². The van der Waals surface area contributed by atoms with Gasteiger partial charge in [-0.25, -0.2) is 4.68 Å². The molecular formula is C12H16N4. The second-order valence-electron chi connectivity index (χ2n) is 3.98. The first kappa shape index (κ1) is 10.7. The Labute approximate surface area is 95.1 Å². The Morgan fingerprint density at radius 1 is 1.31 bits per heavy atom. The average molecular weight is 216 g/mol. The van der Waals surface area contributed by atoms with Gasteiger partial charge in [0, 0.05) is 0 Å². The molecule has 84 valence electrons. The highest BCUT2D eigenvalue weighted by molar-refractivity contribution is 5.46. The zero-order chi connectivity index (χ0) is 11.7. The molecular weight excluding hydrogens is 200 g/mol. The number of nitrogens with zero attached hydrogens (tertiary/aromatic N) is 3. The molecule has 2 N–H and O–H groups in total. The number of benzene rings is 1. The van der Waals surface area contributed by atoms with E-state index in [0.29, 0.717) is 5.82 Å². The summed E-state index contributed by atoms with van der Waals surface area (Å²) in [4.78, 5) is 0. The molecule has 1 aromatic carbocycles. The van der Waals surface area contributed by atoms with Crippen molar-refractivity contribution in [2.75, 3.05) is 5.73 Å². The van der Waals surface area contributed by atoms with Crippen molar-refractivity contribution in [3.05, 3.63) is 35.0 Å². The molecule has 1 heterocycles. The second kappa shape index (κ2) is 3.96. The summed E-state index contributed by atoms with van der Waals surface area (Å²) in [5, 5.41) is 8.03. The Kier molecular flexibility index (Phi) is 2.64. The van der Waals surface area contributed by atoms with Gasteiger partial charge in [-0.05, 0) is 37.5 Å². The number of nitrogens with two attached hydrogens (primary N) is 1. The summed E-state index contributed by atoms with van der Waals surface area (Å²) in [7, 11) is 0. The highest BCUT2D eigenvalue weighted by Crippen LogP contribution is 2.19. The number of anilines is 1. The fourth-order valence-electron chi connectivity index (χ4n) is 1.79. The molecule has 4 heteroatoms. The van der Waals surface area contributed by atoms with Gasteiger partial charge in [0.1, 0.15) is 0 Å². The van der Waals surface area contributed by atoms with Crippen LogP contribution in [0.5, 0.6) is 0 Å². The summed E-state index contributed by atoms with van der Waals surface area (Å²) < 4.78 is 1.83. The minimum atomic E-state index is 0.517. The summed E-state index contributed by atoms with van der Waals surface area (Å²) in [6.07, 6.45) is 0.826. The van der Waals surface area contributed by atoms with Gasteiger partial charge in [-0.15, -0.1) is 5.10 Å². The number of nitrogen functional groups attached to an aromatic ring is 1. The van der Waals surface area contributed by atoms with Crippen molar-refractivity contribution >= 4 is 5.82 Å². The van der Waals surface area contributed by atoms with Crippen molar-refractivity contribution < 1.29 is 0 Å². The molecule has 0 spiro atoms. The van der Waals surface area contributed by atoms with Gasteiger partial charge in [-0.3, -0.25) is 0 Å². The second-order valence-corrected chi connectivity index (χ2v) is 3.98. The minimum absolute atomic E-state index is 0.517. The van der Waals surface area contributed by atoms with Gasteiger partial charge in [0.25, 0.3) is 0 Å². The fourth-order valence-corrected chi connectivity index (χ4v) is 1.79. The molecule has 0 bridgehead atoms. The molecule has 2 rings (SSSR count). The predicted molar refractivity (Wildman–Crippen MR) is 64.6 cm³/mol. The molecule has 0 radical (unpaired) electrons. The van der Waals surface area contributed by atoms with Gasteiger partial charge in [0.2, 0.25) is 0 Å². The molecule has 0 fully saturated rings. The Morgan fingerprint density at radius 3 is 2.75 bits per heavy atom. The third kappa shape index (κ3) is 1.66. The SMILES string of the molecule is CCc1c(N)nnn1-c1cc(C)ccc1C. The van der Waals surface area contributed by atoms with Crippen molar-refractivity contribution in [3.8, 4) is 5.69 Å². The molecule has 2 aromatic rings. The maximum Gasteiger partial charge on any atom is 0.169 e. The summed E-state index contributed by atoms with van der Waals surface area (Å²) in [5.41, 5.74) is 10.2. The maximum atomic E-state index is 5.78. The Morgan fingerprint density at radius 2 is 2.06 bits per heavy atom. The quantitative estimate of drug-likeness (QED) is 0.835. The lowest BCUT2D eigenvalue weighted by Crippen LogP contribution is -2.04. The number of aromatic nitrogens is 3. The Hall–Kier alpha value is -1.84. The summed E-state index contributed by atoms with van der Waals surface area (Å²) >= 11 is 0. The molecule has 0 unspecified atom stereocenters. The van der Waals surface area contributed by atoms with Gasteiger partial charge < -0.3 is 5.73 Å². The molecule has 0 saturated heterocycles. The largest absolute Gasteiger partial charge is 0.381 e. The minimum Gasteiger partial charge on any atom is -0.381 e. The van der Waals surface area contributed by atoms with Gasteiger partial charge in [0.15, 0.2) is 5.82 Å². The molecule has 0 amide bonds. The van der Waals surface area contributed by atoms with Gasteiger partial charge in [-0.2, -0.15) is 0 Å². The van der Waals surface area contributed by atoms with E-state index in [1.165, 1.54) is 11.1 Å². The number of aryl methyl sites for hydroxylation is 2. The molecule has 0 aliphatic carbocycles. The van der Waals surface area contributed by atoms with Crippen LogP contribution >= 0.6 is 0 Å². The van der Waals surface area contributed by atoms with Crippen LogP contribution in [0.3, 0.4) is 0 Å². The smallest absolute Gasteiger partial charge is 0.169 e.